The van der Waals surface area contributed by atoms with Crippen molar-refractivity contribution in [1.82, 2.24) is 9.13 Å². The Morgan fingerprint density at radius 2 is 1.90 bits per heavy atom. The van der Waals surface area contributed by atoms with Crippen molar-refractivity contribution in [2.24, 2.45) is 0 Å². The summed E-state index contributed by atoms with van der Waals surface area (Å²) in [7, 11) is 0. The quantitative estimate of drug-likeness (QED) is 0.563. The number of aromatic nitrogens is 2. The van der Waals surface area contributed by atoms with Gasteiger partial charge in [-0.05, 0) is 57.5 Å². The van der Waals surface area contributed by atoms with Crippen molar-refractivity contribution in [3.63, 3.8) is 0 Å². The average Bonchev–Trinajstić information content (AvgIpc) is 3.03. The lowest BCUT2D eigenvalue weighted by molar-refractivity contribution is -0.0379. The van der Waals surface area contributed by atoms with E-state index in [0.29, 0.717) is 33.8 Å². The zero-order chi connectivity index (χ0) is 21.8. The Balaban J connectivity index is 1.94. The van der Waals surface area contributed by atoms with Crippen LogP contribution in [0.25, 0.3) is 10.2 Å². The number of Topliss-reactive ketones (excluding diaryl/α,β-unsaturated/α-hetero) is 1. The summed E-state index contributed by atoms with van der Waals surface area (Å²) in [5, 5.41) is 1.07. The molecular formula is C22H23ClN2O4S. The highest BCUT2D eigenvalue weighted by Gasteiger charge is 2.32. The highest BCUT2D eigenvalue weighted by molar-refractivity contribution is 7.18. The molecule has 0 spiro atoms. The zero-order valence-electron chi connectivity index (χ0n) is 17.3. The summed E-state index contributed by atoms with van der Waals surface area (Å²) in [4.78, 5) is 40.9. The van der Waals surface area contributed by atoms with Crippen LogP contribution in [0.4, 0.5) is 0 Å². The van der Waals surface area contributed by atoms with Gasteiger partial charge in [-0.3, -0.25) is 18.7 Å². The largest absolute Gasteiger partial charge is 0.370 e. The van der Waals surface area contributed by atoms with E-state index in [2.05, 4.69) is 0 Å². The molecule has 0 radical (unpaired) electrons. The molecule has 2 aromatic heterocycles. The number of hydrogen-bond acceptors (Lipinski definition) is 5. The molecule has 0 amide bonds. The Hall–Kier alpha value is -2.22. The van der Waals surface area contributed by atoms with Gasteiger partial charge in [-0.1, -0.05) is 11.6 Å². The Kier molecular flexibility index (Phi) is 5.24. The van der Waals surface area contributed by atoms with Gasteiger partial charge in [0, 0.05) is 27.9 Å². The number of hydrogen-bond donors (Lipinski definition) is 0. The van der Waals surface area contributed by atoms with E-state index < -0.39 is 11.3 Å². The Bertz CT molecular complexity index is 1270. The summed E-state index contributed by atoms with van der Waals surface area (Å²) >= 11 is 7.29. The minimum Gasteiger partial charge on any atom is -0.370 e. The Morgan fingerprint density at radius 1 is 1.23 bits per heavy atom. The molecule has 3 heterocycles. The normalized spacial score (nSPS) is 15.5. The topological polar surface area (TPSA) is 70.3 Å². The maximum Gasteiger partial charge on any atom is 0.332 e. The van der Waals surface area contributed by atoms with Gasteiger partial charge in [0.15, 0.2) is 5.78 Å². The Morgan fingerprint density at radius 3 is 2.53 bits per heavy atom. The van der Waals surface area contributed by atoms with Crippen LogP contribution in [0.2, 0.25) is 5.02 Å². The third-order valence-electron chi connectivity index (χ3n) is 5.37. The molecule has 0 atom stereocenters. The molecule has 0 bridgehead atoms. The first kappa shape index (κ1) is 21.0. The van der Waals surface area contributed by atoms with Crippen LogP contribution in [0, 0.1) is 0 Å². The summed E-state index contributed by atoms with van der Waals surface area (Å²) in [6, 6.07) is 6.24. The highest BCUT2D eigenvalue weighted by atomic mass is 35.5. The molecule has 0 fully saturated rings. The maximum atomic E-state index is 13.3. The molecule has 30 heavy (non-hydrogen) atoms. The van der Waals surface area contributed by atoms with E-state index in [1.807, 2.05) is 13.8 Å². The number of fused-ring (bicyclic) bond motifs is 3. The SMILES string of the molecule is CC(C)n1c(=O)c2c3c(sc2n(CC(=O)c2ccc(Cl)cc2)c1=O)COC(C)(C)C3. The van der Waals surface area contributed by atoms with Crippen molar-refractivity contribution in [3.8, 4) is 0 Å². The lowest BCUT2D eigenvalue weighted by atomic mass is 9.94. The lowest BCUT2D eigenvalue weighted by Gasteiger charge is -2.30. The number of halogens is 1. The number of ether oxygens (including phenoxy) is 1. The van der Waals surface area contributed by atoms with Gasteiger partial charge < -0.3 is 4.74 Å². The van der Waals surface area contributed by atoms with Crippen molar-refractivity contribution in [2.75, 3.05) is 0 Å². The van der Waals surface area contributed by atoms with Gasteiger partial charge >= 0.3 is 5.69 Å². The molecular weight excluding hydrogens is 424 g/mol. The van der Waals surface area contributed by atoms with E-state index in [1.54, 1.807) is 38.1 Å². The molecule has 1 aromatic carbocycles. The monoisotopic (exact) mass is 446 g/mol. The van der Waals surface area contributed by atoms with Crippen molar-refractivity contribution in [2.45, 2.75) is 58.9 Å². The van der Waals surface area contributed by atoms with E-state index >= 15 is 0 Å². The van der Waals surface area contributed by atoms with E-state index in [-0.39, 0.29) is 23.9 Å². The fraction of sp³-hybridized carbons (Fsp3) is 0.409. The minimum absolute atomic E-state index is 0.145. The number of benzene rings is 1. The van der Waals surface area contributed by atoms with Gasteiger partial charge in [-0.2, -0.15) is 0 Å². The van der Waals surface area contributed by atoms with Crippen LogP contribution in [0.1, 0.15) is 54.5 Å². The number of nitrogens with zero attached hydrogens (tertiary/aromatic N) is 2. The third-order valence-corrected chi connectivity index (χ3v) is 6.85. The lowest BCUT2D eigenvalue weighted by Crippen LogP contribution is -2.42. The first-order chi connectivity index (χ1) is 14.1. The van der Waals surface area contributed by atoms with E-state index in [4.69, 9.17) is 16.3 Å². The predicted molar refractivity (Wildman–Crippen MR) is 119 cm³/mol. The molecule has 0 unspecified atom stereocenters. The van der Waals surface area contributed by atoms with Crippen LogP contribution in [0.3, 0.4) is 0 Å². The van der Waals surface area contributed by atoms with Crippen LogP contribution < -0.4 is 11.2 Å². The molecule has 0 aliphatic carbocycles. The summed E-state index contributed by atoms with van der Waals surface area (Å²) < 4.78 is 8.58. The van der Waals surface area contributed by atoms with E-state index in [0.717, 1.165) is 10.4 Å². The first-order valence-electron chi connectivity index (χ1n) is 9.81. The summed E-state index contributed by atoms with van der Waals surface area (Å²) in [6.07, 6.45) is 0.582. The fourth-order valence-electron chi connectivity index (χ4n) is 3.84. The third kappa shape index (κ3) is 3.55. The highest BCUT2D eigenvalue weighted by Crippen LogP contribution is 2.37. The number of thiophene rings is 1. The smallest absolute Gasteiger partial charge is 0.332 e. The number of carbonyl (C=O) groups excluding carboxylic acids is 1. The molecule has 8 heteroatoms. The minimum atomic E-state index is -0.469. The van der Waals surface area contributed by atoms with Crippen LogP contribution in [0.5, 0.6) is 0 Å². The molecule has 1 aliphatic heterocycles. The molecule has 4 rings (SSSR count). The number of ketones is 1. The summed E-state index contributed by atoms with van der Waals surface area (Å²) in [5.41, 5.74) is 0.237. The molecule has 158 valence electrons. The van der Waals surface area contributed by atoms with E-state index in [1.165, 1.54) is 20.5 Å². The van der Waals surface area contributed by atoms with Crippen molar-refractivity contribution in [1.29, 1.82) is 0 Å². The second-order valence-corrected chi connectivity index (χ2v) is 10.00. The van der Waals surface area contributed by atoms with Gasteiger partial charge in [-0.25, -0.2) is 4.79 Å². The number of carbonyl (C=O) groups is 1. The standard InChI is InChI=1S/C22H23ClN2O4S/c1-12(2)25-19(27)18-15-9-22(3,4)29-11-17(15)30-20(18)24(21(25)28)10-16(26)13-5-7-14(23)8-6-13/h5-8,12H,9-11H2,1-4H3. The second kappa shape index (κ2) is 7.48. The second-order valence-electron chi connectivity index (χ2n) is 8.48. The van der Waals surface area contributed by atoms with Gasteiger partial charge in [0.2, 0.25) is 0 Å². The first-order valence-corrected chi connectivity index (χ1v) is 11.0. The van der Waals surface area contributed by atoms with Crippen LogP contribution in [-0.4, -0.2) is 20.5 Å². The summed E-state index contributed by atoms with van der Waals surface area (Å²) in [5.74, 6) is -0.216. The van der Waals surface area contributed by atoms with Crippen LogP contribution in [0.15, 0.2) is 33.9 Å². The molecule has 1 aliphatic rings. The molecule has 0 saturated heterocycles. The Labute approximate surface area is 182 Å². The van der Waals surface area contributed by atoms with Crippen molar-refractivity contribution < 1.29 is 9.53 Å². The van der Waals surface area contributed by atoms with Crippen LogP contribution >= 0.6 is 22.9 Å². The molecule has 0 saturated carbocycles. The molecule has 0 N–H and O–H groups in total. The molecule has 3 aromatic rings. The van der Waals surface area contributed by atoms with Crippen LogP contribution in [-0.2, 0) is 24.3 Å². The number of rotatable bonds is 4. The van der Waals surface area contributed by atoms with Gasteiger partial charge in [0.05, 0.1) is 24.1 Å². The average molecular weight is 447 g/mol. The predicted octanol–water partition coefficient (Wildman–Crippen LogP) is 4.19. The molecule has 6 nitrogen and oxygen atoms in total. The summed E-state index contributed by atoms with van der Waals surface area (Å²) in [6.45, 7) is 7.81. The van der Waals surface area contributed by atoms with Gasteiger partial charge in [-0.15, -0.1) is 11.3 Å². The zero-order valence-corrected chi connectivity index (χ0v) is 18.9. The van der Waals surface area contributed by atoms with Gasteiger partial charge in [0.1, 0.15) is 4.83 Å². The van der Waals surface area contributed by atoms with Gasteiger partial charge in [0.25, 0.3) is 5.56 Å². The van der Waals surface area contributed by atoms with Crippen molar-refractivity contribution in [3.05, 3.63) is 66.1 Å². The van der Waals surface area contributed by atoms with E-state index in [9.17, 15) is 14.4 Å². The fourth-order valence-corrected chi connectivity index (χ4v) is 5.18. The maximum absolute atomic E-state index is 13.3. The van der Waals surface area contributed by atoms with Crippen molar-refractivity contribution >= 4 is 38.9 Å².